The van der Waals surface area contributed by atoms with Gasteiger partial charge in [-0.3, -0.25) is 0 Å². The Balaban J connectivity index is 1.91. The molecule has 0 fully saturated rings. The molecular formula is C21H21N5O. The lowest BCUT2D eigenvalue weighted by Gasteiger charge is -2.12. The van der Waals surface area contributed by atoms with Crippen LogP contribution in [-0.2, 0) is 4.74 Å². The Labute approximate surface area is 158 Å². The molecule has 1 heterocycles. The Hall–Kier alpha value is -3.43. The zero-order valence-electron chi connectivity index (χ0n) is 15.1. The summed E-state index contributed by atoms with van der Waals surface area (Å²) in [6, 6.07) is 21.2. The minimum Gasteiger partial charge on any atom is -0.385 e. The summed E-state index contributed by atoms with van der Waals surface area (Å²) < 4.78 is 5.09. The van der Waals surface area contributed by atoms with Crippen LogP contribution in [0.3, 0.4) is 0 Å². The molecule has 0 radical (unpaired) electrons. The van der Waals surface area contributed by atoms with E-state index in [0.29, 0.717) is 29.5 Å². The summed E-state index contributed by atoms with van der Waals surface area (Å²) in [4.78, 5) is 9.24. The molecule has 0 aliphatic carbocycles. The normalized spacial score (nSPS) is 10.2. The fourth-order valence-electron chi connectivity index (χ4n) is 2.58. The van der Waals surface area contributed by atoms with E-state index in [0.717, 1.165) is 24.3 Å². The van der Waals surface area contributed by atoms with Crippen LogP contribution in [0.1, 0.15) is 12.0 Å². The number of benzene rings is 2. The molecule has 2 aromatic carbocycles. The number of hydrogen-bond donors (Lipinski definition) is 2. The van der Waals surface area contributed by atoms with Crippen LogP contribution in [0, 0.1) is 11.3 Å². The standard InChI is InChI=1S/C21H21N5O/c1-27-13-7-12-23-19-14-20(24-18-11-6-5-10-17(18)15-22)26-21(25-19)16-8-3-2-4-9-16/h2-6,8-11,14H,7,12-13H2,1H3,(H2,23,24,25,26). The molecule has 0 amide bonds. The van der Waals surface area contributed by atoms with Gasteiger partial charge >= 0.3 is 0 Å². The second-order valence-corrected chi connectivity index (χ2v) is 5.88. The van der Waals surface area contributed by atoms with Crippen molar-refractivity contribution in [2.45, 2.75) is 6.42 Å². The minimum absolute atomic E-state index is 0.562. The molecule has 136 valence electrons. The molecule has 6 nitrogen and oxygen atoms in total. The van der Waals surface area contributed by atoms with E-state index < -0.39 is 0 Å². The average Bonchev–Trinajstić information content (AvgIpc) is 2.72. The Kier molecular flexibility index (Phi) is 6.34. The second kappa shape index (κ2) is 9.32. The molecule has 0 bridgehead atoms. The van der Waals surface area contributed by atoms with Crippen LogP contribution in [0.5, 0.6) is 0 Å². The van der Waals surface area contributed by atoms with Crippen LogP contribution in [0.4, 0.5) is 17.3 Å². The van der Waals surface area contributed by atoms with Crippen molar-refractivity contribution >= 4 is 17.3 Å². The van der Waals surface area contributed by atoms with Gasteiger partial charge < -0.3 is 15.4 Å². The third kappa shape index (κ3) is 5.03. The van der Waals surface area contributed by atoms with Gasteiger partial charge in [0.25, 0.3) is 0 Å². The highest BCUT2D eigenvalue weighted by molar-refractivity contribution is 5.68. The smallest absolute Gasteiger partial charge is 0.163 e. The number of aromatic nitrogens is 2. The van der Waals surface area contributed by atoms with Crippen LogP contribution < -0.4 is 10.6 Å². The van der Waals surface area contributed by atoms with Crippen molar-refractivity contribution in [3.05, 3.63) is 66.2 Å². The van der Waals surface area contributed by atoms with Gasteiger partial charge in [0.15, 0.2) is 5.82 Å². The number of hydrogen-bond acceptors (Lipinski definition) is 6. The van der Waals surface area contributed by atoms with Crippen LogP contribution in [0.15, 0.2) is 60.7 Å². The predicted octanol–water partition coefficient (Wildman–Crippen LogP) is 4.21. The lowest BCUT2D eigenvalue weighted by atomic mass is 10.2. The fourth-order valence-corrected chi connectivity index (χ4v) is 2.58. The van der Waals surface area contributed by atoms with Gasteiger partial charge in [0, 0.05) is 31.9 Å². The van der Waals surface area contributed by atoms with E-state index in [4.69, 9.17) is 4.74 Å². The number of ether oxygens (including phenoxy) is 1. The highest BCUT2D eigenvalue weighted by Crippen LogP contribution is 2.24. The maximum absolute atomic E-state index is 9.30. The van der Waals surface area contributed by atoms with Crippen molar-refractivity contribution in [1.29, 1.82) is 5.26 Å². The van der Waals surface area contributed by atoms with Crippen molar-refractivity contribution in [1.82, 2.24) is 9.97 Å². The monoisotopic (exact) mass is 359 g/mol. The Morgan fingerprint density at radius 3 is 2.52 bits per heavy atom. The highest BCUT2D eigenvalue weighted by Gasteiger charge is 2.09. The average molecular weight is 359 g/mol. The molecule has 6 heteroatoms. The summed E-state index contributed by atoms with van der Waals surface area (Å²) in [5, 5.41) is 15.8. The zero-order chi connectivity index (χ0) is 18.9. The first kappa shape index (κ1) is 18.4. The van der Waals surface area contributed by atoms with E-state index in [2.05, 4.69) is 26.7 Å². The van der Waals surface area contributed by atoms with Gasteiger partial charge in [-0.2, -0.15) is 5.26 Å². The fraction of sp³-hybridized carbons (Fsp3) is 0.190. The quantitative estimate of drug-likeness (QED) is 0.586. The van der Waals surface area contributed by atoms with Gasteiger partial charge in [0.05, 0.1) is 11.3 Å². The van der Waals surface area contributed by atoms with E-state index >= 15 is 0 Å². The summed E-state index contributed by atoms with van der Waals surface area (Å²) in [5.41, 5.74) is 2.20. The molecule has 0 saturated heterocycles. The van der Waals surface area contributed by atoms with E-state index in [1.165, 1.54) is 0 Å². The number of nitrogens with zero attached hydrogens (tertiary/aromatic N) is 3. The largest absolute Gasteiger partial charge is 0.385 e. The van der Waals surface area contributed by atoms with Gasteiger partial charge in [0.1, 0.15) is 17.7 Å². The first-order chi connectivity index (χ1) is 13.3. The first-order valence-electron chi connectivity index (χ1n) is 8.73. The third-order valence-electron chi connectivity index (χ3n) is 3.90. The zero-order valence-corrected chi connectivity index (χ0v) is 15.1. The number of anilines is 3. The van der Waals surface area contributed by atoms with Crippen molar-refractivity contribution in [3.63, 3.8) is 0 Å². The molecule has 0 saturated carbocycles. The van der Waals surface area contributed by atoms with E-state index in [9.17, 15) is 5.26 Å². The van der Waals surface area contributed by atoms with Crippen LogP contribution in [-0.4, -0.2) is 30.2 Å². The first-order valence-corrected chi connectivity index (χ1v) is 8.73. The molecule has 0 aliphatic heterocycles. The number of nitrogens with one attached hydrogen (secondary N) is 2. The topological polar surface area (TPSA) is 82.9 Å². The Bertz CT molecular complexity index is 921. The highest BCUT2D eigenvalue weighted by atomic mass is 16.5. The summed E-state index contributed by atoms with van der Waals surface area (Å²) in [5.74, 6) is 1.96. The lowest BCUT2D eigenvalue weighted by Crippen LogP contribution is -2.08. The molecule has 2 N–H and O–H groups in total. The molecular weight excluding hydrogens is 338 g/mol. The molecule has 3 aromatic rings. The number of methoxy groups -OCH3 is 1. The minimum atomic E-state index is 0.562. The van der Waals surface area contributed by atoms with Gasteiger partial charge in [-0.25, -0.2) is 9.97 Å². The van der Waals surface area contributed by atoms with Crippen molar-refractivity contribution < 1.29 is 4.74 Å². The van der Waals surface area contributed by atoms with Gasteiger partial charge in [-0.15, -0.1) is 0 Å². The molecule has 27 heavy (non-hydrogen) atoms. The molecule has 0 spiro atoms. The van der Waals surface area contributed by atoms with Crippen LogP contribution in [0.2, 0.25) is 0 Å². The van der Waals surface area contributed by atoms with E-state index in [-0.39, 0.29) is 0 Å². The van der Waals surface area contributed by atoms with Crippen LogP contribution in [0.25, 0.3) is 11.4 Å². The summed E-state index contributed by atoms with van der Waals surface area (Å²) in [6.45, 7) is 1.43. The molecule has 1 aromatic heterocycles. The molecule has 0 atom stereocenters. The van der Waals surface area contributed by atoms with Gasteiger partial charge in [-0.1, -0.05) is 42.5 Å². The lowest BCUT2D eigenvalue weighted by molar-refractivity contribution is 0.198. The van der Waals surface area contributed by atoms with E-state index in [1.54, 1.807) is 13.2 Å². The van der Waals surface area contributed by atoms with Gasteiger partial charge in [0.2, 0.25) is 0 Å². The third-order valence-corrected chi connectivity index (χ3v) is 3.90. The number of nitriles is 1. The maximum atomic E-state index is 9.30. The summed E-state index contributed by atoms with van der Waals surface area (Å²) >= 11 is 0. The molecule has 0 aliphatic rings. The van der Waals surface area contributed by atoms with Gasteiger partial charge in [-0.05, 0) is 18.6 Å². The Morgan fingerprint density at radius 2 is 1.74 bits per heavy atom. The summed E-state index contributed by atoms with van der Waals surface area (Å²) in [7, 11) is 1.69. The molecule has 3 rings (SSSR count). The van der Waals surface area contributed by atoms with Crippen molar-refractivity contribution in [2.24, 2.45) is 0 Å². The number of rotatable bonds is 8. The van der Waals surface area contributed by atoms with E-state index in [1.807, 2.05) is 54.6 Å². The second-order valence-electron chi connectivity index (χ2n) is 5.88. The maximum Gasteiger partial charge on any atom is 0.163 e. The molecule has 0 unspecified atom stereocenters. The Morgan fingerprint density at radius 1 is 1.00 bits per heavy atom. The predicted molar refractivity (Wildman–Crippen MR) is 107 cm³/mol. The summed E-state index contributed by atoms with van der Waals surface area (Å²) in [6.07, 6.45) is 0.876. The number of para-hydroxylation sites is 1. The van der Waals surface area contributed by atoms with Crippen molar-refractivity contribution in [2.75, 3.05) is 30.9 Å². The SMILES string of the molecule is COCCCNc1cc(Nc2ccccc2C#N)nc(-c2ccccc2)n1. The van der Waals surface area contributed by atoms with Crippen molar-refractivity contribution in [3.8, 4) is 17.5 Å². The van der Waals surface area contributed by atoms with Crippen LogP contribution >= 0.6 is 0 Å².